The SMILES string of the molecule is CC[C@@H]1C[C@H](N(Cc2cc(C(F)(F)F)cc(C(F)(F)F)c2)c2nnn(C)n2)c2nc(C)ccc2N1. The van der Waals surface area contributed by atoms with Crippen molar-refractivity contribution in [3.63, 3.8) is 0 Å². The van der Waals surface area contributed by atoms with Crippen molar-refractivity contribution in [2.75, 3.05) is 10.2 Å². The third kappa shape index (κ3) is 5.33. The lowest BCUT2D eigenvalue weighted by molar-refractivity contribution is -0.143. The number of tetrazole rings is 1. The fourth-order valence-corrected chi connectivity index (χ4v) is 4.17. The molecule has 0 unspecified atom stereocenters. The fourth-order valence-electron chi connectivity index (χ4n) is 4.17. The van der Waals surface area contributed by atoms with Crippen LogP contribution in [0.4, 0.5) is 38.0 Å². The molecular weight excluding hydrogens is 476 g/mol. The lowest BCUT2D eigenvalue weighted by atomic mass is 9.93. The largest absolute Gasteiger partial charge is 0.416 e. The van der Waals surface area contributed by atoms with Crippen LogP contribution in [0.15, 0.2) is 30.3 Å². The summed E-state index contributed by atoms with van der Waals surface area (Å²) in [5.41, 5.74) is -0.852. The van der Waals surface area contributed by atoms with Gasteiger partial charge in [0.2, 0.25) is 0 Å². The van der Waals surface area contributed by atoms with Gasteiger partial charge < -0.3 is 10.2 Å². The Morgan fingerprint density at radius 3 is 2.26 bits per heavy atom. The number of hydrogen-bond donors (Lipinski definition) is 1. The van der Waals surface area contributed by atoms with Crippen molar-refractivity contribution in [2.45, 2.75) is 57.7 Å². The summed E-state index contributed by atoms with van der Waals surface area (Å²) < 4.78 is 80.7. The Morgan fingerprint density at radius 2 is 1.71 bits per heavy atom. The molecule has 0 aliphatic carbocycles. The van der Waals surface area contributed by atoms with Crippen LogP contribution in [0.25, 0.3) is 0 Å². The lowest BCUT2D eigenvalue weighted by Gasteiger charge is -2.38. The minimum atomic E-state index is -4.95. The first-order valence-corrected chi connectivity index (χ1v) is 10.9. The molecule has 4 rings (SSSR count). The van der Waals surface area contributed by atoms with Crippen molar-refractivity contribution in [3.05, 3.63) is 58.4 Å². The van der Waals surface area contributed by atoms with Crippen molar-refractivity contribution in [1.29, 1.82) is 0 Å². The van der Waals surface area contributed by atoms with Crippen molar-refractivity contribution in [2.24, 2.45) is 7.05 Å². The van der Waals surface area contributed by atoms with Gasteiger partial charge in [-0.25, -0.2) is 0 Å². The maximum Gasteiger partial charge on any atom is 0.416 e. The minimum absolute atomic E-state index is 0.00317. The Hall–Kier alpha value is -3.38. The molecule has 0 bridgehead atoms. The van der Waals surface area contributed by atoms with E-state index < -0.39 is 29.5 Å². The Balaban J connectivity index is 1.84. The normalized spacial score (nSPS) is 18.2. The van der Waals surface area contributed by atoms with Gasteiger partial charge in [-0.3, -0.25) is 4.98 Å². The monoisotopic (exact) mass is 499 g/mol. The van der Waals surface area contributed by atoms with Crippen LogP contribution >= 0.6 is 0 Å². The van der Waals surface area contributed by atoms with Crippen LogP contribution in [0.3, 0.4) is 0 Å². The second kappa shape index (κ2) is 9.00. The molecule has 0 spiro atoms. The van der Waals surface area contributed by atoms with E-state index in [9.17, 15) is 26.3 Å². The number of aryl methyl sites for hydroxylation is 2. The molecule has 3 heterocycles. The molecule has 1 aliphatic heterocycles. The summed E-state index contributed by atoms with van der Waals surface area (Å²) in [6.07, 6.45) is -8.66. The quantitative estimate of drug-likeness (QED) is 0.481. The number of halogens is 6. The van der Waals surface area contributed by atoms with Crippen LogP contribution in [0.5, 0.6) is 0 Å². The average Bonchev–Trinajstić information content (AvgIpc) is 3.21. The molecular formula is C22H23F6N7. The van der Waals surface area contributed by atoms with Gasteiger partial charge in [0.15, 0.2) is 0 Å². The number of aromatic nitrogens is 5. The zero-order valence-electron chi connectivity index (χ0n) is 19.1. The highest BCUT2D eigenvalue weighted by molar-refractivity contribution is 5.55. The number of nitrogens with one attached hydrogen (secondary N) is 1. The first-order valence-electron chi connectivity index (χ1n) is 10.9. The average molecular weight is 499 g/mol. The van der Waals surface area contributed by atoms with E-state index >= 15 is 0 Å². The number of pyridine rings is 1. The zero-order chi connectivity index (χ0) is 25.5. The van der Waals surface area contributed by atoms with Crippen molar-refractivity contribution in [1.82, 2.24) is 25.2 Å². The second-order valence-electron chi connectivity index (χ2n) is 8.51. The molecule has 2 aromatic heterocycles. The van der Waals surface area contributed by atoms with Crippen LogP contribution in [0.1, 0.15) is 53.9 Å². The number of rotatable bonds is 5. The number of anilines is 2. The van der Waals surface area contributed by atoms with E-state index in [1.807, 2.05) is 19.1 Å². The number of nitrogens with zero attached hydrogens (tertiary/aromatic N) is 6. The van der Waals surface area contributed by atoms with Gasteiger partial charge in [0.25, 0.3) is 5.95 Å². The fraction of sp³-hybridized carbons (Fsp3) is 0.455. The molecule has 35 heavy (non-hydrogen) atoms. The summed E-state index contributed by atoms with van der Waals surface area (Å²) in [5.74, 6) is 0.0782. The summed E-state index contributed by atoms with van der Waals surface area (Å²) in [6.45, 7) is 3.47. The molecule has 0 saturated carbocycles. The summed E-state index contributed by atoms with van der Waals surface area (Å²) in [6, 6.07) is 4.75. The van der Waals surface area contributed by atoms with Gasteiger partial charge in [0.1, 0.15) is 0 Å². The number of fused-ring (bicyclic) bond motifs is 1. The molecule has 0 amide bonds. The highest BCUT2D eigenvalue weighted by atomic mass is 19.4. The van der Waals surface area contributed by atoms with E-state index in [4.69, 9.17) is 0 Å². The Morgan fingerprint density at radius 1 is 1.06 bits per heavy atom. The van der Waals surface area contributed by atoms with E-state index in [0.29, 0.717) is 12.1 Å². The molecule has 0 fully saturated rings. The molecule has 1 N–H and O–H groups in total. The second-order valence-corrected chi connectivity index (χ2v) is 8.51. The summed E-state index contributed by atoms with van der Waals surface area (Å²) in [7, 11) is 1.52. The molecule has 0 radical (unpaired) electrons. The zero-order valence-corrected chi connectivity index (χ0v) is 19.1. The maximum atomic E-state index is 13.5. The number of benzene rings is 1. The summed E-state index contributed by atoms with van der Waals surface area (Å²) in [4.78, 5) is 7.37. The molecule has 7 nitrogen and oxygen atoms in total. The highest BCUT2D eigenvalue weighted by Crippen LogP contribution is 2.40. The van der Waals surface area contributed by atoms with Crippen molar-refractivity contribution >= 4 is 11.6 Å². The van der Waals surface area contributed by atoms with Crippen molar-refractivity contribution < 1.29 is 26.3 Å². The molecule has 1 aromatic carbocycles. The lowest BCUT2D eigenvalue weighted by Crippen LogP contribution is -2.38. The standard InChI is InChI=1S/C22H23F6N7/c1-4-16-10-18(19-17(30-16)6-5-12(2)29-19)35(20-31-33-34(3)32-20)11-13-7-14(21(23,24)25)9-15(8-13)22(26,27)28/h5-9,16,18,30H,4,10-11H2,1-3H3/t16-,18+/m1/s1. The van der Waals surface area contributed by atoms with E-state index in [1.165, 1.54) is 11.8 Å². The van der Waals surface area contributed by atoms with Crippen molar-refractivity contribution in [3.8, 4) is 0 Å². The third-order valence-electron chi connectivity index (χ3n) is 5.87. The van der Waals surface area contributed by atoms with Crippen LogP contribution in [0.2, 0.25) is 0 Å². The maximum absolute atomic E-state index is 13.5. The highest BCUT2D eigenvalue weighted by Gasteiger charge is 2.38. The third-order valence-corrected chi connectivity index (χ3v) is 5.87. The topological polar surface area (TPSA) is 71.8 Å². The van der Waals surface area contributed by atoms with E-state index in [0.717, 1.165) is 29.9 Å². The van der Waals surface area contributed by atoms with Crippen LogP contribution in [0, 0.1) is 6.92 Å². The van der Waals surface area contributed by atoms with Gasteiger partial charge in [-0.1, -0.05) is 12.0 Å². The van der Waals surface area contributed by atoms with Gasteiger partial charge in [0, 0.05) is 18.3 Å². The molecule has 3 aromatic rings. The summed E-state index contributed by atoms with van der Waals surface area (Å²) >= 11 is 0. The predicted molar refractivity (Wildman–Crippen MR) is 115 cm³/mol. The van der Waals surface area contributed by atoms with E-state index in [-0.39, 0.29) is 30.2 Å². The van der Waals surface area contributed by atoms with Gasteiger partial charge in [-0.2, -0.15) is 31.1 Å². The van der Waals surface area contributed by atoms with Gasteiger partial charge in [-0.05, 0) is 60.9 Å². The Bertz CT molecular complexity index is 1170. The molecule has 1 aliphatic rings. The van der Waals surface area contributed by atoms with Gasteiger partial charge in [0.05, 0.1) is 35.6 Å². The van der Waals surface area contributed by atoms with Gasteiger partial charge >= 0.3 is 12.4 Å². The predicted octanol–water partition coefficient (Wildman–Crippen LogP) is 5.29. The van der Waals surface area contributed by atoms with Crippen LogP contribution < -0.4 is 10.2 Å². The molecule has 188 valence electrons. The van der Waals surface area contributed by atoms with E-state index in [2.05, 4.69) is 25.7 Å². The van der Waals surface area contributed by atoms with Crippen LogP contribution in [-0.4, -0.2) is 31.2 Å². The smallest absolute Gasteiger partial charge is 0.381 e. The van der Waals surface area contributed by atoms with E-state index in [1.54, 1.807) is 11.8 Å². The molecule has 13 heteroatoms. The van der Waals surface area contributed by atoms with Gasteiger partial charge in [-0.15, -0.1) is 5.10 Å². The summed E-state index contributed by atoms with van der Waals surface area (Å²) in [5, 5.41) is 15.4. The molecule has 0 saturated heterocycles. The number of hydrogen-bond acceptors (Lipinski definition) is 6. The first kappa shape index (κ1) is 24.7. The first-order chi connectivity index (χ1) is 16.3. The number of alkyl halides is 6. The molecule has 2 atom stereocenters. The Labute approximate surface area is 197 Å². The van der Waals surface area contributed by atoms with Crippen LogP contribution in [-0.2, 0) is 25.9 Å². The minimum Gasteiger partial charge on any atom is -0.381 e. The Kier molecular flexibility index (Phi) is 6.36.